The summed E-state index contributed by atoms with van der Waals surface area (Å²) in [6.07, 6.45) is 5.88. The molecule has 0 bridgehead atoms. The Kier molecular flexibility index (Phi) is 9.34. The molecule has 0 heterocycles. The van der Waals surface area contributed by atoms with E-state index < -0.39 is 0 Å². The van der Waals surface area contributed by atoms with Crippen molar-refractivity contribution >= 4 is 15.9 Å². The Hall–Kier alpha value is 0.360. The Morgan fingerprint density at radius 1 is 1.10 bits per heavy atom. The molecule has 20 heavy (non-hydrogen) atoms. The van der Waals surface area contributed by atoms with Crippen LogP contribution in [0.1, 0.15) is 46.0 Å². The van der Waals surface area contributed by atoms with Gasteiger partial charge in [0, 0.05) is 25.7 Å². The van der Waals surface area contributed by atoms with E-state index in [1.54, 1.807) is 7.11 Å². The van der Waals surface area contributed by atoms with Gasteiger partial charge in [-0.3, -0.25) is 0 Å². The van der Waals surface area contributed by atoms with E-state index in [1.807, 2.05) is 0 Å². The molecule has 0 unspecified atom stereocenters. The lowest BCUT2D eigenvalue weighted by atomic mass is 9.75. The van der Waals surface area contributed by atoms with Crippen LogP contribution in [0, 0.1) is 11.8 Å². The number of methoxy groups -OCH3 is 1. The Morgan fingerprint density at radius 3 is 2.35 bits per heavy atom. The molecule has 4 heteroatoms. The van der Waals surface area contributed by atoms with Gasteiger partial charge in [0.25, 0.3) is 0 Å². The van der Waals surface area contributed by atoms with Gasteiger partial charge in [0.1, 0.15) is 0 Å². The zero-order chi connectivity index (χ0) is 14.8. The van der Waals surface area contributed by atoms with Gasteiger partial charge in [-0.1, -0.05) is 29.8 Å². The standard InChI is InChI=1S/C16H31BrO3/c1-14(2)15-5-7-16(13-17,8-6-15)20-12-11-19-10-4-9-18-3/h14-15H,4-13H2,1-3H3. The van der Waals surface area contributed by atoms with Gasteiger partial charge in [0.2, 0.25) is 0 Å². The van der Waals surface area contributed by atoms with Gasteiger partial charge < -0.3 is 14.2 Å². The summed E-state index contributed by atoms with van der Waals surface area (Å²) in [7, 11) is 1.72. The van der Waals surface area contributed by atoms with Crippen LogP contribution in [0.15, 0.2) is 0 Å². The lowest BCUT2D eigenvalue weighted by Gasteiger charge is -2.40. The zero-order valence-electron chi connectivity index (χ0n) is 13.3. The van der Waals surface area contributed by atoms with E-state index in [9.17, 15) is 0 Å². The van der Waals surface area contributed by atoms with Crippen LogP contribution in [0.25, 0.3) is 0 Å². The van der Waals surface area contributed by atoms with Crippen molar-refractivity contribution in [2.75, 3.05) is 38.9 Å². The number of alkyl halides is 1. The largest absolute Gasteiger partial charge is 0.385 e. The number of halogens is 1. The summed E-state index contributed by atoms with van der Waals surface area (Å²) in [4.78, 5) is 0. The van der Waals surface area contributed by atoms with Crippen molar-refractivity contribution in [2.45, 2.75) is 51.6 Å². The zero-order valence-corrected chi connectivity index (χ0v) is 14.9. The highest BCUT2D eigenvalue weighted by molar-refractivity contribution is 9.09. The smallest absolute Gasteiger partial charge is 0.0780 e. The molecule has 0 aromatic carbocycles. The van der Waals surface area contributed by atoms with Crippen LogP contribution in [-0.2, 0) is 14.2 Å². The minimum absolute atomic E-state index is 0.0429. The average Bonchev–Trinajstić information content (AvgIpc) is 2.46. The molecular weight excluding hydrogens is 320 g/mol. The van der Waals surface area contributed by atoms with Crippen LogP contribution in [0.5, 0.6) is 0 Å². The van der Waals surface area contributed by atoms with E-state index >= 15 is 0 Å². The Bertz CT molecular complexity index is 238. The van der Waals surface area contributed by atoms with Crippen molar-refractivity contribution in [1.82, 2.24) is 0 Å². The first-order valence-electron chi connectivity index (χ1n) is 7.90. The predicted octanol–water partition coefficient (Wildman–Crippen LogP) is 4.04. The maximum absolute atomic E-state index is 6.15. The summed E-state index contributed by atoms with van der Waals surface area (Å²) in [5.41, 5.74) is 0.0429. The highest BCUT2D eigenvalue weighted by Gasteiger charge is 2.35. The van der Waals surface area contributed by atoms with E-state index in [0.29, 0.717) is 13.2 Å². The molecule has 0 atom stereocenters. The maximum atomic E-state index is 6.15. The summed E-state index contributed by atoms with van der Waals surface area (Å²) < 4.78 is 16.7. The van der Waals surface area contributed by atoms with E-state index in [4.69, 9.17) is 14.2 Å². The minimum atomic E-state index is 0.0429. The van der Waals surface area contributed by atoms with Crippen LogP contribution in [-0.4, -0.2) is 44.5 Å². The van der Waals surface area contributed by atoms with Gasteiger partial charge in [-0.25, -0.2) is 0 Å². The van der Waals surface area contributed by atoms with Crippen LogP contribution < -0.4 is 0 Å². The fraction of sp³-hybridized carbons (Fsp3) is 1.00. The molecule has 0 saturated heterocycles. The first-order chi connectivity index (χ1) is 9.63. The molecule has 1 fully saturated rings. The summed E-state index contributed by atoms with van der Waals surface area (Å²) in [6.45, 7) is 7.58. The van der Waals surface area contributed by atoms with Crippen molar-refractivity contribution in [1.29, 1.82) is 0 Å². The second-order valence-electron chi connectivity index (χ2n) is 6.21. The predicted molar refractivity (Wildman–Crippen MR) is 86.6 cm³/mol. The molecule has 1 saturated carbocycles. The molecule has 0 spiro atoms. The van der Waals surface area contributed by atoms with E-state index in [-0.39, 0.29) is 5.60 Å². The minimum Gasteiger partial charge on any atom is -0.385 e. The summed E-state index contributed by atoms with van der Waals surface area (Å²) in [5.74, 6) is 1.67. The van der Waals surface area contributed by atoms with Crippen molar-refractivity contribution in [3.05, 3.63) is 0 Å². The van der Waals surface area contributed by atoms with Gasteiger partial charge in [0.05, 0.1) is 18.8 Å². The molecule has 1 aliphatic rings. The third-order valence-corrected chi connectivity index (χ3v) is 5.42. The van der Waals surface area contributed by atoms with Crippen molar-refractivity contribution in [3.8, 4) is 0 Å². The first-order valence-corrected chi connectivity index (χ1v) is 9.02. The Labute approximate surface area is 132 Å². The first kappa shape index (κ1) is 18.4. The van der Waals surface area contributed by atoms with Gasteiger partial charge in [-0.2, -0.15) is 0 Å². The molecule has 0 aromatic rings. The lowest BCUT2D eigenvalue weighted by molar-refractivity contribution is -0.0819. The third-order valence-electron chi connectivity index (χ3n) is 4.40. The molecule has 0 aromatic heterocycles. The number of rotatable bonds is 10. The Balaban J connectivity index is 2.16. The fourth-order valence-electron chi connectivity index (χ4n) is 2.87. The van der Waals surface area contributed by atoms with Crippen LogP contribution in [0.2, 0.25) is 0 Å². The van der Waals surface area contributed by atoms with Gasteiger partial charge in [-0.05, 0) is 43.9 Å². The highest BCUT2D eigenvalue weighted by Crippen LogP contribution is 2.39. The second-order valence-corrected chi connectivity index (χ2v) is 6.77. The summed E-state index contributed by atoms with van der Waals surface area (Å²) in [6, 6.07) is 0. The van der Waals surface area contributed by atoms with Gasteiger partial charge >= 0.3 is 0 Å². The third kappa shape index (κ3) is 6.42. The highest BCUT2D eigenvalue weighted by atomic mass is 79.9. The quantitative estimate of drug-likeness (QED) is 0.439. The number of hydrogen-bond acceptors (Lipinski definition) is 3. The normalized spacial score (nSPS) is 27.1. The molecular formula is C16H31BrO3. The van der Waals surface area contributed by atoms with Gasteiger partial charge in [-0.15, -0.1) is 0 Å². The molecule has 0 radical (unpaired) electrons. The van der Waals surface area contributed by atoms with E-state index in [0.717, 1.165) is 36.8 Å². The molecule has 1 rings (SSSR count). The van der Waals surface area contributed by atoms with Crippen molar-refractivity contribution in [2.24, 2.45) is 11.8 Å². The second kappa shape index (κ2) is 10.1. The molecule has 3 nitrogen and oxygen atoms in total. The van der Waals surface area contributed by atoms with Crippen molar-refractivity contribution < 1.29 is 14.2 Å². The average molecular weight is 351 g/mol. The van der Waals surface area contributed by atoms with E-state index in [2.05, 4.69) is 29.8 Å². The fourth-order valence-corrected chi connectivity index (χ4v) is 3.60. The van der Waals surface area contributed by atoms with Crippen molar-refractivity contribution in [3.63, 3.8) is 0 Å². The Morgan fingerprint density at radius 2 is 1.80 bits per heavy atom. The monoisotopic (exact) mass is 350 g/mol. The molecule has 0 amide bonds. The SMILES string of the molecule is COCCCOCCOC1(CBr)CCC(C(C)C)CC1. The summed E-state index contributed by atoms with van der Waals surface area (Å²) >= 11 is 3.65. The molecule has 120 valence electrons. The van der Waals surface area contributed by atoms with Gasteiger partial charge in [0.15, 0.2) is 0 Å². The molecule has 0 N–H and O–H groups in total. The van der Waals surface area contributed by atoms with Crippen LogP contribution in [0.3, 0.4) is 0 Å². The lowest BCUT2D eigenvalue weighted by Crippen LogP contribution is -2.40. The number of hydrogen-bond donors (Lipinski definition) is 0. The van der Waals surface area contributed by atoms with Crippen LogP contribution >= 0.6 is 15.9 Å². The van der Waals surface area contributed by atoms with E-state index in [1.165, 1.54) is 25.7 Å². The molecule has 1 aliphatic carbocycles. The molecule has 0 aliphatic heterocycles. The maximum Gasteiger partial charge on any atom is 0.0780 e. The summed E-state index contributed by atoms with van der Waals surface area (Å²) in [5, 5.41) is 0.939. The topological polar surface area (TPSA) is 27.7 Å². The van der Waals surface area contributed by atoms with Crippen LogP contribution in [0.4, 0.5) is 0 Å². The number of ether oxygens (including phenoxy) is 3.